The van der Waals surface area contributed by atoms with Crippen LogP contribution in [0.1, 0.15) is 36.9 Å². The lowest BCUT2D eigenvalue weighted by atomic mass is 9.96. The molecule has 0 radical (unpaired) electrons. The third-order valence-corrected chi connectivity index (χ3v) is 6.41. The number of halogens is 1. The molecule has 1 amide bonds. The molecular formula is C26H27FN6O. The molecule has 2 atom stereocenters. The summed E-state index contributed by atoms with van der Waals surface area (Å²) in [4.78, 5) is 24.1. The average molecular weight is 459 g/mol. The molecule has 7 nitrogen and oxygen atoms in total. The predicted octanol–water partition coefficient (Wildman–Crippen LogP) is 4.36. The smallest absolute Gasteiger partial charge is 0.225 e. The molecule has 4 aromatic rings. The standard InChI is InChI=1S/C26H27FN6O/c1-17-5-11-22(12-6-17)33-15-23-24(31-33)28-16-29-25(23)32-13-3-4-20(14-32)26(34)30-18(2)19-7-9-21(27)10-8-19/h5-12,15-16,18,20H,3-4,13-14H2,1-2H3,(H,30,34)/t18-,20+/m0/s1. The molecule has 1 fully saturated rings. The molecule has 0 bridgehead atoms. The van der Waals surface area contributed by atoms with E-state index in [-0.39, 0.29) is 23.7 Å². The van der Waals surface area contributed by atoms with Crippen LogP contribution in [-0.2, 0) is 4.79 Å². The minimum Gasteiger partial charge on any atom is -0.355 e. The number of carbonyl (C=O) groups excluding carboxylic acids is 1. The van der Waals surface area contributed by atoms with Crippen molar-refractivity contribution in [3.05, 3.63) is 78.0 Å². The van der Waals surface area contributed by atoms with E-state index in [4.69, 9.17) is 0 Å². The number of piperidine rings is 1. The number of anilines is 1. The molecule has 1 aliphatic heterocycles. The van der Waals surface area contributed by atoms with Gasteiger partial charge in [-0.1, -0.05) is 29.8 Å². The van der Waals surface area contributed by atoms with Crippen LogP contribution in [0.15, 0.2) is 61.1 Å². The summed E-state index contributed by atoms with van der Waals surface area (Å²) >= 11 is 0. The maximum atomic E-state index is 13.2. The van der Waals surface area contributed by atoms with Crippen LogP contribution < -0.4 is 10.2 Å². The zero-order valence-corrected chi connectivity index (χ0v) is 19.3. The van der Waals surface area contributed by atoms with E-state index in [1.165, 1.54) is 24.0 Å². The number of aromatic nitrogens is 4. The third-order valence-electron chi connectivity index (χ3n) is 6.41. The number of hydrogen-bond acceptors (Lipinski definition) is 5. The molecular weight excluding hydrogens is 431 g/mol. The first-order chi connectivity index (χ1) is 16.5. The highest BCUT2D eigenvalue weighted by molar-refractivity contribution is 5.87. The van der Waals surface area contributed by atoms with Crippen molar-refractivity contribution >= 4 is 22.8 Å². The Bertz CT molecular complexity index is 1300. The van der Waals surface area contributed by atoms with Gasteiger partial charge in [0.1, 0.15) is 18.0 Å². The molecule has 0 aliphatic carbocycles. The molecule has 34 heavy (non-hydrogen) atoms. The van der Waals surface area contributed by atoms with Gasteiger partial charge in [-0.25, -0.2) is 19.0 Å². The van der Waals surface area contributed by atoms with Crippen molar-refractivity contribution in [2.45, 2.75) is 32.7 Å². The van der Waals surface area contributed by atoms with Crippen molar-refractivity contribution in [3.63, 3.8) is 0 Å². The molecule has 1 aliphatic rings. The largest absolute Gasteiger partial charge is 0.355 e. The quantitative estimate of drug-likeness (QED) is 0.481. The third kappa shape index (κ3) is 4.48. The summed E-state index contributed by atoms with van der Waals surface area (Å²) in [7, 11) is 0. The van der Waals surface area contributed by atoms with Crippen LogP contribution in [0.25, 0.3) is 16.7 Å². The Kier molecular flexibility index (Phi) is 5.96. The number of rotatable bonds is 5. The van der Waals surface area contributed by atoms with E-state index in [1.807, 2.05) is 29.9 Å². The van der Waals surface area contributed by atoms with Crippen molar-refractivity contribution in [2.24, 2.45) is 5.92 Å². The highest BCUT2D eigenvalue weighted by Gasteiger charge is 2.29. The van der Waals surface area contributed by atoms with E-state index < -0.39 is 0 Å². The molecule has 5 rings (SSSR count). The van der Waals surface area contributed by atoms with E-state index in [1.54, 1.807) is 12.1 Å². The fourth-order valence-electron chi connectivity index (χ4n) is 4.46. The van der Waals surface area contributed by atoms with Crippen molar-refractivity contribution in [1.82, 2.24) is 25.1 Å². The van der Waals surface area contributed by atoms with Crippen molar-refractivity contribution in [3.8, 4) is 5.69 Å². The van der Waals surface area contributed by atoms with E-state index in [0.29, 0.717) is 12.2 Å². The molecule has 0 spiro atoms. The van der Waals surface area contributed by atoms with E-state index >= 15 is 0 Å². The van der Waals surface area contributed by atoms with Crippen LogP contribution in [0.3, 0.4) is 0 Å². The zero-order chi connectivity index (χ0) is 23.7. The van der Waals surface area contributed by atoms with Crippen LogP contribution >= 0.6 is 0 Å². The Morgan fingerprint density at radius 1 is 1.12 bits per heavy atom. The lowest BCUT2D eigenvalue weighted by molar-refractivity contribution is -0.125. The molecule has 8 heteroatoms. The summed E-state index contributed by atoms with van der Waals surface area (Å²) in [6.07, 6.45) is 5.19. The molecule has 2 aromatic heterocycles. The van der Waals surface area contributed by atoms with Crippen LogP contribution in [0.5, 0.6) is 0 Å². The lowest BCUT2D eigenvalue weighted by Gasteiger charge is -2.33. The number of amides is 1. The van der Waals surface area contributed by atoms with Crippen molar-refractivity contribution in [2.75, 3.05) is 18.0 Å². The van der Waals surface area contributed by atoms with Crippen LogP contribution in [0.4, 0.5) is 10.2 Å². The fourth-order valence-corrected chi connectivity index (χ4v) is 4.46. The second kappa shape index (κ2) is 9.21. The molecule has 174 valence electrons. The highest BCUT2D eigenvalue weighted by Crippen LogP contribution is 2.28. The second-order valence-electron chi connectivity index (χ2n) is 8.91. The summed E-state index contributed by atoms with van der Waals surface area (Å²) in [6, 6.07) is 14.2. The monoisotopic (exact) mass is 458 g/mol. The van der Waals surface area contributed by atoms with Gasteiger partial charge < -0.3 is 10.2 Å². The molecule has 1 saturated heterocycles. The van der Waals surface area contributed by atoms with Gasteiger partial charge in [0.2, 0.25) is 5.91 Å². The topological polar surface area (TPSA) is 75.9 Å². The summed E-state index contributed by atoms with van der Waals surface area (Å²) in [5.41, 5.74) is 3.65. The van der Waals surface area contributed by atoms with Gasteiger partial charge >= 0.3 is 0 Å². The maximum Gasteiger partial charge on any atom is 0.225 e. The van der Waals surface area contributed by atoms with Crippen molar-refractivity contribution in [1.29, 1.82) is 0 Å². The Hall–Kier alpha value is -3.81. The van der Waals surface area contributed by atoms with Gasteiger partial charge in [-0.2, -0.15) is 0 Å². The van der Waals surface area contributed by atoms with Crippen LogP contribution in [-0.4, -0.2) is 38.7 Å². The average Bonchev–Trinajstić information content (AvgIpc) is 3.29. The summed E-state index contributed by atoms with van der Waals surface area (Å²) in [5.74, 6) is 0.357. The van der Waals surface area contributed by atoms with Gasteiger partial charge in [-0.15, -0.1) is 5.10 Å². The normalized spacial score (nSPS) is 17.0. The van der Waals surface area contributed by atoms with E-state index in [9.17, 15) is 9.18 Å². The van der Waals surface area contributed by atoms with Crippen molar-refractivity contribution < 1.29 is 9.18 Å². The molecule has 1 N–H and O–H groups in total. The maximum absolute atomic E-state index is 13.2. The Labute approximate surface area is 197 Å². The summed E-state index contributed by atoms with van der Waals surface area (Å²) in [6.45, 7) is 5.36. The minimum absolute atomic E-state index is 0.00201. The molecule has 0 saturated carbocycles. The fraction of sp³-hybridized carbons (Fsp3) is 0.308. The number of hydrogen-bond donors (Lipinski definition) is 1. The second-order valence-corrected chi connectivity index (χ2v) is 8.91. The summed E-state index contributed by atoms with van der Waals surface area (Å²) < 4.78 is 15.0. The Balaban J connectivity index is 1.34. The number of aryl methyl sites for hydroxylation is 1. The van der Waals surface area contributed by atoms with Gasteiger partial charge in [0.15, 0.2) is 5.65 Å². The van der Waals surface area contributed by atoms with Gasteiger partial charge in [0.05, 0.1) is 23.0 Å². The molecule has 3 heterocycles. The van der Waals surface area contributed by atoms with E-state index in [0.717, 1.165) is 41.8 Å². The number of benzene rings is 2. The van der Waals surface area contributed by atoms with Crippen LogP contribution in [0, 0.1) is 18.7 Å². The first kappa shape index (κ1) is 22.0. The SMILES string of the molecule is Cc1ccc(-n2cc3c(N4CCC[C@@H](C(=O)N[C@@H](C)c5ccc(F)cc5)C4)ncnc3n2)cc1. The Morgan fingerprint density at radius 3 is 2.65 bits per heavy atom. The van der Waals surface area contributed by atoms with E-state index in [2.05, 4.69) is 44.3 Å². The number of nitrogens with one attached hydrogen (secondary N) is 1. The Morgan fingerprint density at radius 2 is 1.88 bits per heavy atom. The number of fused-ring (bicyclic) bond motifs is 1. The molecule has 2 aromatic carbocycles. The zero-order valence-electron chi connectivity index (χ0n) is 19.3. The highest BCUT2D eigenvalue weighted by atomic mass is 19.1. The molecule has 0 unspecified atom stereocenters. The number of carbonyl (C=O) groups is 1. The number of nitrogens with zero attached hydrogens (tertiary/aromatic N) is 5. The summed E-state index contributed by atoms with van der Waals surface area (Å²) in [5, 5.41) is 8.59. The first-order valence-electron chi connectivity index (χ1n) is 11.6. The van der Waals surface area contributed by atoms with Crippen LogP contribution in [0.2, 0.25) is 0 Å². The van der Waals surface area contributed by atoms with Gasteiger partial charge in [-0.3, -0.25) is 4.79 Å². The minimum atomic E-state index is -0.285. The van der Waals surface area contributed by atoms with Gasteiger partial charge in [0, 0.05) is 19.3 Å². The lowest BCUT2D eigenvalue weighted by Crippen LogP contribution is -2.44. The first-order valence-corrected chi connectivity index (χ1v) is 11.6. The predicted molar refractivity (Wildman–Crippen MR) is 129 cm³/mol. The van der Waals surface area contributed by atoms with Gasteiger partial charge in [0.25, 0.3) is 0 Å². The van der Waals surface area contributed by atoms with Gasteiger partial charge in [-0.05, 0) is 56.5 Å².